The van der Waals surface area contributed by atoms with E-state index in [1.165, 1.54) is 25.7 Å². The molecule has 0 aromatic heterocycles. The molecule has 2 fully saturated rings. The molecule has 1 saturated carbocycles. The Labute approximate surface area is 129 Å². The summed E-state index contributed by atoms with van der Waals surface area (Å²) >= 11 is 0. The van der Waals surface area contributed by atoms with Gasteiger partial charge in [0.15, 0.2) is 6.29 Å². The van der Waals surface area contributed by atoms with Crippen LogP contribution in [0.1, 0.15) is 70.6 Å². The van der Waals surface area contributed by atoms with Crippen LogP contribution in [0.15, 0.2) is 0 Å². The molecule has 1 heterocycles. The number of ether oxygens (including phenoxy) is 3. The Balaban J connectivity index is 1.33. The fraction of sp³-hybridized carbons (Fsp3) is 1.00. The van der Waals surface area contributed by atoms with Crippen LogP contribution in [-0.4, -0.2) is 43.4 Å². The molecule has 1 aliphatic carbocycles. The predicted octanol–water partition coefficient (Wildman–Crippen LogP) is 3.41. The fourth-order valence-electron chi connectivity index (χ4n) is 3.08. The van der Waals surface area contributed by atoms with Crippen molar-refractivity contribution in [2.45, 2.75) is 89.1 Å². The molecule has 1 aliphatic heterocycles. The van der Waals surface area contributed by atoms with Gasteiger partial charge in [-0.25, -0.2) is 0 Å². The summed E-state index contributed by atoms with van der Waals surface area (Å²) < 4.78 is 17.1. The van der Waals surface area contributed by atoms with E-state index >= 15 is 0 Å². The Morgan fingerprint density at radius 3 is 2.19 bits per heavy atom. The third kappa shape index (κ3) is 7.59. The fourth-order valence-corrected chi connectivity index (χ4v) is 3.08. The maximum atomic E-state index is 9.44. The molecule has 0 radical (unpaired) electrons. The largest absolute Gasteiger partial charge is 0.393 e. The maximum absolute atomic E-state index is 9.44. The molecule has 4 heteroatoms. The van der Waals surface area contributed by atoms with Crippen molar-refractivity contribution in [2.24, 2.45) is 0 Å². The summed E-state index contributed by atoms with van der Waals surface area (Å²) in [5, 5.41) is 9.44. The summed E-state index contributed by atoms with van der Waals surface area (Å²) in [6.45, 7) is 2.56. The normalized spacial score (nSPS) is 30.4. The van der Waals surface area contributed by atoms with Gasteiger partial charge in [-0.2, -0.15) is 0 Å². The van der Waals surface area contributed by atoms with Gasteiger partial charge >= 0.3 is 0 Å². The molecule has 2 aliphatic rings. The van der Waals surface area contributed by atoms with Crippen LogP contribution in [0.5, 0.6) is 0 Å². The topological polar surface area (TPSA) is 47.9 Å². The monoisotopic (exact) mass is 300 g/mol. The molecule has 1 saturated heterocycles. The first kappa shape index (κ1) is 17.2. The average molecular weight is 300 g/mol. The van der Waals surface area contributed by atoms with E-state index in [-0.39, 0.29) is 12.4 Å². The molecule has 0 amide bonds. The second-order valence-electron chi connectivity index (χ2n) is 6.38. The lowest BCUT2D eigenvalue weighted by Crippen LogP contribution is -2.24. The van der Waals surface area contributed by atoms with Crippen LogP contribution in [-0.2, 0) is 14.2 Å². The van der Waals surface area contributed by atoms with E-state index in [0.717, 1.165) is 64.8 Å². The van der Waals surface area contributed by atoms with Crippen molar-refractivity contribution in [3.05, 3.63) is 0 Å². The molecule has 0 aromatic carbocycles. The molecule has 1 N–H and O–H groups in total. The summed E-state index contributed by atoms with van der Waals surface area (Å²) in [7, 11) is 0. The van der Waals surface area contributed by atoms with Crippen molar-refractivity contribution in [3.63, 3.8) is 0 Å². The van der Waals surface area contributed by atoms with Gasteiger partial charge < -0.3 is 19.3 Å². The SMILES string of the molecule is OC1CCC(OCCCCCCOC2CCCCO2)CC1. The highest BCUT2D eigenvalue weighted by Crippen LogP contribution is 2.21. The lowest BCUT2D eigenvalue weighted by Gasteiger charge is -2.25. The minimum Gasteiger partial charge on any atom is -0.393 e. The van der Waals surface area contributed by atoms with E-state index < -0.39 is 0 Å². The Kier molecular flexibility index (Phi) is 8.64. The molecular weight excluding hydrogens is 268 g/mol. The van der Waals surface area contributed by atoms with E-state index in [1.807, 2.05) is 0 Å². The summed E-state index contributed by atoms with van der Waals surface area (Å²) in [5.74, 6) is 0. The summed E-state index contributed by atoms with van der Waals surface area (Å²) in [5.41, 5.74) is 0. The minimum absolute atomic E-state index is 0.0590. The Morgan fingerprint density at radius 1 is 0.810 bits per heavy atom. The van der Waals surface area contributed by atoms with Crippen molar-refractivity contribution in [1.82, 2.24) is 0 Å². The van der Waals surface area contributed by atoms with Crippen LogP contribution in [0, 0.1) is 0 Å². The van der Waals surface area contributed by atoms with Gasteiger partial charge in [0.2, 0.25) is 0 Å². The zero-order valence-electron chi connectivity index (χ0n) is 13.3. The highest BCUT2D eigenvalue weighted by atomic mass is 16.7. The molecule has 4 nitrogen and oxygen atoms in total. The van der Waals surface area contributed by atoms with Crippen molar-refractivity contribution in [3.8, 4) is 0 Å². The van der Waals surface area contributed by atoms with E-state index in [9.17, 15) is 5.11 Å². The second-order valence-corrected chi connectivity index (χ2v) is 6.38. The number of aliphatic hydroxyl groups is 1. The van der Waals surface area contributed by atoms with Crippen LogP contribution < -0.4 is 0 Å². The second kappa shape index (κ2) is 10.5. The van der Waals surface area contributed by atoms with E-state index in [1.54, 1.807) is 0 Å². The van der Waals surface area contributed by atoms with Crippen LogP contribution in [0.25, 0.3) is 0 Å². The Bertz CT molecular complexity index is 245. The Hall–Kier alpha value is -0.160. The highest BCUT2D eigenvalue weighted by molar-refractivity contribution is 4.71. The highest BCUT2D eigenvalue weighted by Gasteiger charge is 2.19. The molecular formula is C17H32O4. The molecule has 0 aromatic rings. The van der Waals surface area contributed by atoms with Gasteiger partial charge in [-0.1, -0.05) is 12.8 Å². The van der Waals surface area contributed by atoms with E-state index in [0.29, 0.717) is 6.10 Å². The maximum Gasteiger partial charge on any atom is 0.157 e. The molecule has 1 atom stereocenters. The third-order valence-electron chi connectivity index (χ3n) is 4.48. The van der Waals surface area contributed by atoms with Crippen molar-refractivity contribution < 1.29 is 19.3 Å². The van der Waals surface area contributed by atoms with Gasteiger partial charge in [-0.05, 0) is 57.8 Å². The molecule has 124 valence electrons. The quantitative estimate of drug-likeness (QED) is 0.663. The number of rotatable bonds is 9. The summed E-state index contributed by atoms with van der Waals surface area (Å²) in [6.07, 6.45) is 12.4. The van der Waals surface area contributed by atoms with Crippen LogP contribution in [0.2, 0.25) is 0 Å². The average Bonchev–Trinajstić information content (AvgIpc) is 2.53. The minimum atomic E-state index is -0.0852. The standard InChI is InChI=1S/C17H32O4/c18-15-8-10-16(11-9-15)19-12-4-1-2-5-13-20-17-7-3-6-14-21-17/h15-18H,1-14H2. The predicted molar refractivity (Wildman–Crippen MR) is 82.2 cm³/mol. The molecule has 2 rings (SSSR count). The van der Waals surface area contributed by atoms with Gasteiger partial charge in [-0.15, -0.1) is 0 Å². The molecule has 0 bridgehead atoms. The number of aliphatic hydroxyl groups excluding tert-OH is 1. The van der Waals surface area contributed by atoms with Gasteiger partial charge in [0.05, 0.1) is 12.2 Å². The lowest BCUT2D eigenvalue weighted by atomic mass is 9.95. The van der Waals surface area contributed by atoms with Gasteiger partial charge in [0, 0.05) is 19.8 Å². The number of hydrogen-bond acceptors (Lipinski definition) is 4. The zero-order valence-corrected chi connectivity index (χ0v) is 13.3. The van der Waals surface area contributed by atoms with Gasteiger partial charge in [-0.3, -0.25) is 0 Å². The van der Waals surface area contributed by atoms with Crippen LogP contribution in [0.4, 0.5) is 0 Å². The van der Waals surface area contributed by atoms with E-state index in [2.05, 4.69) is 0 Å². The first-order valence-corrected chi connectivity index (χ1v) is 8.87. The van der Waals surface area contributed by atoms with Crippen molar-refractivity contribution >= 4 is 0 Å². The van der Waals surface area contributed by atoms with Crippen molar-refractivity contribution in [2.75, 3.05) is 19.8 Å². The summed E-state index contributed by atoms with van der Waals surface area (Å²) in [6, 6.07) is 0. The van der Waals surface area contributed by atoms with Crippen LogP contribution in [0.3, 0.4) is 0 Å². The van der Waals surface area contributed by atoms with Gasteiger partial charge in [0.25, 0.3) is 0 Å². The van der Waals surface area contributed by atoms with Crippen molar-refractivity contribution in [1.29, 1.82) is 0 Å². The first-order valence-electron chi connectivity index (χ1n) is 8.87. The number of hydrogen-bond donors (Lipinski definition) is 1. The van der Waals surface area contributed by atoms with Gasteiger partial charge in [0.1, 0.15) is 0 Å². The third-order valence-corrected chi connectivity index (χ3v) is 4.48. The molecule has 21 heavy (non-hydrogen) atoms. The zero-order chi connectivity index (χ0) is 14.8. The number of unbranched alkanes of at least 4 members (excludes halogenated alkanes) is 3. The lowest BCUT2D eigenvalue weighted by molar-refractivity contribution is -0.162. The molecule has 0 spiro atoms. The Morgan fingerprint density at radius 2 is 1.52 bits per heavy atom. The smallest absolute Gasteiger partial charge is 0.157 e. The van der Waals surface area contributed by atoms with E-state index in [4.69, 9.17) is 14.2 Å². The van der Waals surface area contributed by atoms with Crippen LogP contribution >= 0.6 is 0 Å². The first-order chi connectivity index (χ1) is 10.3. The molecule has 1 unspecified atom stereocenters. The summed E-state index contributed by atoms with van der Waals surface area (Å²) in [4.78, 5) is 0.